The molecule has 0 aromatic heterocycles. The molecule has 0 N–H and O–H groups in total. The largest absolute Gasteiger partial charge is 0.486 e. The molecule has 1 aromatic carbocycles. The van der Waals surface area contributed by atoms with E-state index in [4.69, 9.17) is 0 Å². The molecule has 0 amide bonds. The maximum atomic E-state index is 12.6. The van der Waals surface area contributed by atoms with Crippen molar-refractivity contribution in [2.24, 2.45) is 0 Å². The highest BCUT2D eigenvalue weighted by Gasteiger charge is 2.07. The third-order valence-corrected chi connectivity index (χ3v) is 1.91. The van der Waals surface area contributed by atoms with Crippen LogP contribution >= 0.6 is 15.9 Å². The van der Waals surface area contributed by atoms with E-state index in [1.807, 2.05) is 0 Å². The molecule has 0 aliphatic rings. The van der Waals surface area contributed by atoms with Crippen LogP contribution in [0.5, 0.6) is 5.75 Å². The van der Waals surface area contributed by atoms with Gasteiger partial charge in [-0.25, -0.2) is 13.2 Å². The summed E-state index contributed by atoms with van der Waals surface area (Å²) in [7, 11) is 0. The lowest BCUT2D eigenvalue weighted by Gasteiger charge is -2.06. The van der Waals surface area contributed by atoms with Gasteiger partial charge < -0.3 is 4.74 Å². The van der Waals surface area contributed by atoms with Gasteiger partial charge in [-0.1, -0.05) is 0 Å². The van der Waals surface area contributed by atoms with Crippen molar-refractivity contribution in [1.82, 2.24) is 0 Å². The van der Waals surface area contributed by atoms with E-state index in [1.54, 1.807) is 0 Å². The lowest BCUT2D eigenvalue weighted by molar-refractivity contribution is 0.0813. The van der Waals surface area contributed by atoms with Gasteiger partial charge in [-0.3, -0.25) is 0 Å². The Bertz CT molecular complexity index is 291. The van der Waals surface area contributed by atoms with Gasteiger partial charge in [0, 0.05) is 6.07 Å². The van der Waals surface area contributed by atoms with E-state index in [1.165, 1.54) is 12.1 Å². The fraction of sp³-hybridized carbons (Fsp3) is 0.250. The summed E-state index contributed by atoms with van der Waals surface area (Å²) in [5, 5.41) is 0. The summed E-state index contributed by atoms with van der Waals surface area (Å²) in [5.41, 5.74) is 0. The Kier molecular flexibility index (Phi) is 3.59. The second kappa shape index (κ2) is 4.50. The van der Waals surface area contributed by atoms with Crippen molar-refractivity contribution in [1.29, 1.82) is 0 Å². The van der Waals surface area contributed by atoms with Crippen LogP contribution in [0, 0.1) is 5.82 Å². The van der Waals surface area contributed by atoms with Crippen molar-refractivity contribution in [2.45, 2.75) is 6.43 Å². The van der Waals surface area contributed by atoms with Crippen molar-refractivity contribution in [3.05, 3.63) is 28.5 Å². The predicted octanol–water partition coefficient (Wildman–Crippen LogP) is 3.23. The van der Waals surface area contributed by atoms with Gasteiger partial charge in [0.1, 0.15) is 18.2 Å². The van der Waals surface area contributed by atoms with Gasteiger partial charge in [-0.2, -0.15) is 0 Å². The molecular weight excluding hydrogens is 249 g/mol. The average molecular weight is 255 g/mol. The highest BCUT2D eigenvalue weighted by atomic mass is 79.9. The van der Waals surface area contributed by atoms with Crippen LogP contribution in [-0.2, 0) is 0 Å². The van der Waals surface area contributed by atoms with Gasteiger partial charge in [0.25, 0.3) is 6.43 Å². The number of halogens is 4. The van der Waals surface area contributed by atoms with E-state index in [9.17, 15) is 13.2 Å². The monoisotopic (exact) mass is 254 g/mol. The Balaban J connectivity index is 2.70. The van der Waals surface area contributed by atoms with Crippen LogP contribution in [0.15, 0.2) is 22.7 Å². The zero-order chi connectivity index (χ0) is 9.84. The minimum Gasteiger partial charge on any atom is -0.486 e. The fourth-order valence-electron chi connectivity index (χ4n) is 0.741. The van der Waals surface area contributed by atoms with Crippen molar-refractivity contribution < 1.29 is 17.9 Å². The Morgan fingerprint density at radius 3 is 2.69 bits per heavy atom. The van der Waals surface area contributed by atoms with E-state index < -0.39 is 18.8 Å². The van der Waals surface area contributed by atoms with Crippen molar-refractivity contribution in [2.75, 3.05) is 6.61 Å². The van der Waals surface area contributed by atoms with E-state index in [-0.39, 0.29) is 5.75 Å². The van der Waals surface area contributed by atoms with Crippen LogP contribution < -0.4 is 4.74 Å². The SMILES string of the molecule is Fc1ccc(Br)c(OCC(F)F)c1. The summed E-state index contributed by atoms with van der Waals surface area (Å²) in [5.74, 6) is -0.437. The summed E-state index contributed by atoms with van der Waals surface area (Å²) < 4.78 is 41.1. The first kappa shape index (κ1) is 10.4. The van der Waals surface area contributed by atoms with E-state index >= 15 is 0 Å². The van der Waals surface area contributed by atoms with Gasteiger partial charge in [0.15, 0.2) is 0 Å². The molecule has 0 unspecified atom stereocenters. The molecule has 1 aromatic rings. The summed E-state index contributed by atoms with van der Waals surface area (Å²) >= 11 is 3.04. The smallest absolute Gasteiger partial charge is 0.272 e. The topological polar surface area (TPSA) is 9.23 Å². The summed E-state index contributed by atoms with van der Waals surface area (Å²) in [4.78, 5) is 0. The van der Waals surface area contributed by atoms with Gasteiger partial charge in [0.05, 0.1) is 4.47 Å². The fourth-order valence-corrected chi connectivity index (χ4v) is 1.10. The molecule has 1 nitrogen and oxygen atoms in total. The number of hydrogen-bond acceptors (Lipinski definition) is 1. The standard InChI is InChI=1S/C8H6BrF3O/c9-6-2-1-5(10)3-7(6)13-4-8(11)12/h1-3,8H,4H2. The lowest BCUT2D eigenvalue weighted by atomic mass is 10.3. The van der Waals surface area contributed by atoms with Crippen LogP contribution in [0.3, 0.4) is 0 Å². The second-order valence-electron chi connectivity index (χ2n) is 2.28. The normalized spacial score (nSPS) is 10.5. The molecule has 72 valence electrons. The maximum absolute atomic E-state index is 12.6. The molecule has 1 rings (SSSR count). The molecule has 0 bridgehead atoms. The summed E-state index contributed by atoms with van der Waals surface area (Å²) in [6, 6.07) is 3.65. The Labute approximate surface area is 81.6 Å². The van der Waals surface area contributed by atoms with Crippen molar-refractivity contribution in [3.63, 3.8) is 0 Å². The highest BCUT2D eigenvalue weighted by molar-refractivity contribution is 9.10. The molecule has 0 fully saturated rings. The van der Waals surface area contributed by atoms with E-state index in [0.29, 0.717) is 4.47 Å². The molecule has 0 aliphatic carbocycles. The number of ether oxygens (including phenoxy) is 1. The first-order valence-corrected chi connectivity index (χ1v) is 4.25. The quantitative estimate of drug-likeness (QED) is 0.805. The van der Waals surface area contributed by atoms with Crippen LogP contribution in [-0.4, -0.2) is 13.0 Å². The zero-order valence-electron chi connectivity index (χ0n) is 6.44. The number of alkyl halides is 2. The molecule has 0 atom stereocenters. The molecule has 0 aliphatic heterocycles. The van der Waals surface area contributed by atoms with E-state index in [0.717, 1.165) is 6.07 Å². The van der Waals surface area contributed by atoms with Crippen LogP contribution in [0.25, 0.3) is 0 Å². The van der Waals surface area contributed by atoms with Crippen molar-refractivity contribution in [3.8, 4) is 5.75 Å². The first-order valence-electron chi connectivity index (χ1n) is 3.45. The predicted molar refractivity (Wildman–Crippen MR) is 45.6 cm³/mol. The third-order valence-electron chi connectivity index (χ3n) is 1.26. The first-order chi connectivity index (χ1) is 6.09. The van der Waals surface area contributed by atoms with Gasteiger partial charge in [-0.15, -0.1) is 0 Å². The molecule has 5 heteroatoms. The molecule has 0 radical (unpaired) electrons. The third kappa shape index (κ3) is 3.26. The zero-order valence-corrected chi connectivity index (χ0v) is 8.02. The molecule has 0 spiro atoms. The highest BCUT2D eigenvalue weighted by Crippen LogP contribution is 2.25. The van der Waals surface area contributed by atoms with Crippen LogP contribution in [0.2, 0.25) is 0 Å². The number of benzene rings is 1. The van der Waals surface area contributed by atoms with Crippen molar-refractivity contribution >= 4 is 15.9 Å². The number of rotatable bonds is 3. The maximum Gasteiger partial charge on any atom is 0.272 e. The minimum absolute atomic E-state index is 0.0836. The van der Waals surface area contributed by atoms with Gasteiger partial charge >= 0.3 is 0 Å². The van der Waals surface area contributed by atoms with Crippen LogP contribution in [0.4, 0.5) is 13.2 Å². The lowest BCUT2D eigenvalue weighted by Crippen LogP contribution is -2.07. The van der Waals surface area contributed by atoms with Gasteiger partial charge in [-0.05, 0) is 28.1 Å². The van der Waals surface area contributed by atoms with Crippen LogP contribution in [0.1, 0.15) is 0 Å². The average Bonchev–Trinajstić information content (AvgIpc) is 2.06. The Hall–Kier alpha value is -0.710. The molecule has 0 heterocycles. The molecule has 13 heavy (non-hydrogen) atoms. The molecule has 0 saturated carbocycles. The number of hydrogen-bond donors (Lipinski definition) is 0. The summed E-state index contributed by atoms with van der Waals surface area (Å²) in [6.45, 7) is -0.734. The Morgan fingerprint density at radius 1 is 1.38 bits per heavy atom. The van der Waals surface area contributed by atoms with Gasteiger partial charge in [0.2, 0.25) is 0 Å². The second-order valence-corrected chi connectivity index (χ2v) is 3.13. The summed E-state index contributed by atoms with van der Waals surface area (Å²) in [6.07, 6.45) is -2.56. The van der Waals surface area contributed by atoms with E-state index in [2.05, 4.69) is 20.7 Å². The Morgan fingerprint density at radius 2 is 2.08 bits per heavy atom. The minimum atomic E-state index is -2.56. The molecule has 0 saturated heterocycles. The molecular formula is C8H6BrF3O.